The Labute approximate surface area is 135 Å². The molecule has 1 atom stereocenters. The van der Waals surface area contributed by atoms with Crippen molar-refractivity contribution in [2.45, 2.75) is 23.9 Å². The molecule has 0 saturated carbocycles. The van der Waals surface area contributed by atoms with Gasteiger partial charge in [-0.25, -0.2) is 23.4 Å². The number of nitrogens with zero attached hydrogens (tertiary/aromatic N) is 6. The minimum Gasteiger partial charge on any atom is -0.347 e. The van der Waals surface area contributed by atoms with E-state index in [0.717, 1.165) is 18.5 Å². The van der Waals surface area contributed by atoms with E-state index in [0.29, 0.717) is 12.5 Å². The molecule has 1 aliphatic heterocycles. The minimum absolute atomic E-state index is 0.0776. The van der Waals surface area contributed by atoms with Crippen molar-refractivity contribution in [3.63, 3.8) is 0 Å². The van der Waals surface area contributed by atoms with Crippen molar-refractivity contribution in [2.75, 3.05) is 25.5 Å². The van der Waals surface area contributed by atoms with Crippen molar-refractivity contribution in [2.24, 2.45) is 7.05 Å². The Morgan fingerprint density at radius 3 is 2.74 bits per heavy atom. The first-order valence-corrected chi connectivity index (χ1v) is 8.83. The summed E-state index contributed by atoms with van der Waals surface area (Å²) in [5.74, 6) is 0.574. The van der Waals surface area contributed by atoms with Gasteiger partial charge in [0.2, 0.25) is 5.95 Å². The monoisotopic (exact) mass is 336 g/mol. The van der Waals surface area contributed by atoms with Gasteiger partial charge in [-0.2, -0.15) is 4.31 Å². The van der Waals surface area contributed by atoms with E-state index < -0.39 is 10.0 Å². The molecule has 1 fully saturated rings. The van der Waals surface area contributed by atoms with E-state index >= 15 is 0 Å². The van der Waals surface area contributed by atoms with Gasteiger partial charge in [0, 0.05) is 40.1 Å². The molecule has 3 heterocycles. The van der Waals surface area contributed by atoms with Gasteiger partial charge < -0.3 is 9.47 Å². The highest BCUT2D eigenvalue weighted by Gasteiger charge is 2.38. The lowest BCUT2D eigenvalue weighted by Gasteiger charge is -2.23. The zero-order chi connectivity index (χ0) is 16.6. The lowest BCUT2D eigenvalue weighted by atomic mass is 10.1. The zero-order valence-electron chi connectivity index (χ0n) is 13.4. The maximum Gasteiger partial charge on any atom is 0.262 e. The van der Waals surface area contributed by atoms with Crippen LogP contribution in [0.1, 0.15) is 24.6 Å². The van der Waals surface area contributed by atoms with Crippen LogP contribution in [0.5, 0.6) is 0 Å². The highest BCUT2D eigenvalue weighted by atomic mass is 32.2. The molecule has 9 heteroatoms. The van der Waals surface area contributed by atoms with E-state index in [9.17, 15) is 8.42 Å². The second kappa shape index (κ2) is 5.89. The normalized spacial score (nSPS) is 19.2. The van der Waals surface area contributed by atoms with Crippen LogP contribution in [0.15, 0.2) is 29.8 Å². The quantitative estimate of drug-likeness (QED) is 0.821. The van der Waals surface area contributed by atoms with E-state index in [2.05, 4.69) is 15.0 Å². The van der Waals surface area contributed by atoms with Gasteiger partial charge in [0.25, 0.3) is 10.0 Å². The summed E-state index contributed by atoms with van der Waals surface area (Å²) >= 11 is 0. The van der Waals surface area contributed by atoms with Gasteiger partial charge in [0.05, 0.1) is 18.1 Å². The highest BCUT2D eigenvalue weighted by molar-refractivity contribution is 7.89. The van der Waals surface area contributed by atoms with Gasteiger partial charge >= 0.3 is 0 Å². The Hall–Kier alpha value is -2.00. The van der Waals surface area contributed by atoms with Gasteiger partial charge in [-0.3, -0.25) is 0 Å². The molecule has 0 spiro atoms. The largest absolute Gasteiger partial charge is 0.347 e. The molecule has 1 saturated heterocycles. The van der Waals surface area contributed by atoms with E-state index in [1.54, 1.807) is 28.8 Å². The fourth-order valence-electron chi connectivity index (χ4n) is 2.73. The fraction of sp³-hybridized carbons (Fsp3) is 0.500. The van der Waals surface area contributed by atoms with Crippen LogP contribution in [0.25, 0.3) is 0 Å². The molecule has 0 unspecified atom stereocenters. The number of rotatable bonds is 4. The van der Waals surface area contributed by atoms with Gasteiger partial charge in [-0.15, -0.1) is 0 Å². The fourth-order valence-corrected chi connectivity index (χ4v) is 4.37. The van der Waals surface area contributed by atoms with Crippen molar-refractivity contribution in [1.82, 2.24) is 23.8 Å². The lowest BCUT2D eigenvalue weighted by molar-refractivity contribution is 0.388. The maximum atomic E-state index is 12.8. The molecule has 8 nitrogen and oxygen atoms in total. The summed E-state index contributed by atoms with van der Waals surface area (Å²) in [6.07, 6.45) is 6.23. The van der Waals surface area contributed by atoms with E-state index in [4.69, 9.17) is 0 Å². The molecule has 2 aromatic heterocycles. The Morgan fingerprint density at radius 2 is 2.09 bits per heavy atom. The summed E-state index contributed by atoms with van der Waals surface area (Å²) in [6, 6.07) is 1.51. The van der Waals surface area contributed by atoms with Crippen LogP contribution in [0, 0.1) is 0 Å². The summed E-state index contributed by atoms with van der Waals surface area (Å²) in [6.45, 7) is 0.477. The first-order chi connectivity index (χ1) is 10.9. The topological polar surface area (TPSA) is 84.2 Å². The highest BCUT2D eigenvalue weighted by Crippen LogP contribution is 2.35. The van der Waals surface area contributed by atoms with Crippen LogP contribution in [-0.2, 0) is 17.1 Å². The third-order valence-electron chi connectivity index (χ3n) is 3.86. The van der Waals surface area contributed by atoms with E-state index in [1.165, 1.54) is 16.8 Å². The molecule has 1 aliphatic rings. The molecule has 124 valence electrons. The minimum atomic E-state index is -3.62. The molecule has 2 aromatic rings. The first kappa shape index (κ1) is 15.9. The molecule has 0 N–H and O–H groups in total. The zero-order valence-corrected chi connectivity index (χ0v) is 14.2. The van der Waals surface area contributed by atoms with Crippen LogP contribution in [0.3, 0.4) is 0 Å². The summed E-state index contributed by atoms with van der Waals surface area (Å²) in [7, 11) is 1.84. The number of imidazole rings is 1. The van der Waals surface area contributed by atoms with Crippen molar-refractivity contribution in [3.05, 3.63) is 30.5 Å². The molecule has 23 heavy (non-hydrogen) atoms. The van der Waals surface area contributed by atoms with Crippen LogP contribution in [0.4, 0.5) is 5.95 Å². The predicted octanol–water partition coefficient (Wildman–Crippen LogP) is 0.802. The standard InChI is InChI=1S/C14H20N6O2S/c1-18(2)14-15-7-6-11(17-14)12-5-4-8-20(12)23(21,22)13-9-19(3)10-16-13/h6-7,9-10,12H,4-5,8H2,1-3H3/t12-/m1/s1. The molecule has 0 amide bonds. The molecular formula is C14H20N6O2S. The SMILES string of the molecule is CN(C)c1nccc([C@H]2CCCN2S(=O)(=O)c2cn(C)cn2)n1. The van der Waals surface area contributed by atoms with Crippen molar-refractivity contribution in [3.8, 4) is 0 Å². The number of hydrogen-bond donors (Lipinski definition) is 0. The maximum absolute atomic E-state index is 12.8. The Balaban J connectivity index is 1.96. The number of hydrogen-bond acceptors (Lipinski definition) is 6. The van der Waals surface area contributed by atoms with Crippen molar-refractivity contribution < 1.29 is 8.42 Å². The number of aromatic nitrogens is 4. The summed E-state index contributed by atoms with van der Waals surface area (Å²) in [5.41, 5.74) is 0.723. The van der Waals surface area contributed by atoms with Crippen LogP contribution >= 0.6 is 0 Å². The number of anilines is 1. The van der Waals surface area contributed by atoms with Crippen LogP contribution in [0.2, 0.25) is 0 Å². The van der Waals surface area contributed by atoms with Gasteiger partial charge in [0.15, 0.2) is 5.03 Å². The summed E-state index contributed by atoms with van der Waals surface area (Å²) < 4.78 is 28.8. The Kier molecular flexibility index (Phi) is 4.07. The predicted molar refractivity (Wildman–Crippen MR) is 85.4 cm³/mol. The molecular weight excluding hydrogens is 316 g/mol. The van der Waals surface area contributed by atoms with E-state index in [1.807, 2.05) is 14.1 Å². The van der Waals surface area contributed by atoms with E-state index in [-0.39, 0.29) is 11.1 Å². The molecule has 0 aliphatic carbocycles. The third-order valence-corrected chi connectivity index (χ3v) is 5.66. The van der Waals surface area contributed by atoms with Gasteiger partial charge in [-0.1, -0.05) is 0 Å². The second-order valence-corrected chi connectivity index (χ2v) is 7.66. The molecule has 3 rings (SSSR count). The Bertz CT molecular complexity index is 801. The smallest absolute Gasteiger partial charge is 0.262 e. The third kappa shape index (κ3) is 2.93. The Morgan fingerprint density at radius 1 is 1.30 bits per heavy atom. The average Bonchev–Trinajstić information content (AvgIpc) is 3.16. The van der Waals surface area contributed by atoms with Crippen LogP contribution < -0.4 is 4.90 Å². The van der Waals surface area contributed by atoms with Crippen LogP contribution in [-0.4, -0.2) is 52.9 Å². The number of sulfonamides is 1. The van der Waals surface area contributed by atoms with Gasteiger partial charge in [0.1, 0.15) is 0 Å². The van der Waals surface area contributed by atoms with Gasteiger partial charge in [-0.05, 0) is 18.9 Å². The first-order valence-electron chi connectivity index (χ1n) is 7.39. The molecule has 0 radical (unpaired) electrons. The summed E-state index contributed by atoms with van der Waals surface area (Å²) in [5, 5.41) is 0.0776. The lowest BCUT2D eigenvalue weighted by Crippen LogP contribution is -2.31. The average molecular weight is 336 g/mol. The molecule has 0 bridgehead atoms. The summed E-state index contributed by atoms with van der Waals surface area (Å²) in [4.78, 5) is 14.5. The second-order valence-electron chi connectivity index (χ2n) is 5.83. The van der Waals surface area contributed by atoms with Crippen molar-refractivity contribution in [1.29, 1.82) is 0 Å². The van der Waals surface area contributed by atoms with Crippen molar-refractivity contribution >= 4 is 16.0 Å². The molecule has 0 aromatic carbocycles. The number of aryl methyl sites for hydroxylation is 1.